The summed E-state index contributed by atoms with van der Waals surface area (Å²) in [6, 6.07) is 14.0. The Hall–Kier alpha value is -3.15. The Morgan fingerprint density at radius 2 is 1.84 bits per heavy atom. The number of nitrogens with zero attached hydrogens (tertiary/aromatic N) is 4. The summed E-state index contributed by atoms with van der Waals surface area (Å²) >= 11 is 0. The van der Waals surface area contributed by atoms with Gasteiger partial charge >= 0.3 is 0 Å². The second-order valence-electron chi connectivity index (χ2n) is 8.28. The van der Waals surface area contributed by atoms with E-state index in [0.717, 1.165) is 22.5 Å². The highest BCUT2D eigenvalue weighted by Crippen LogP contribution is 2.34. The molecule has 1 saturated heterocycles. The lowest BCUT2D eigenvalue weighted by atomic mass is 10.1. The molecule has 31 heavy (non-hydrogen) atoms. The van der Waals surface area contributed by atoms with Crippen LogP contribution in [0.1, 0.15) is 43.1 Å². The molecule has 3 aromatic rings. The summed E-state index contributed by atoms with van der Waals surface area (Å²) in [5.74, 6) is 0.944. The molecule has 6 heteroatoms. The molecule has 0 N–H and O–H groups in total. The third-order valence-corrected chi connectivity index (χ3v) is 6.39. The molecule has 0 bridgehead atoms. The Labute approximate surface area is 183 Å². The van der Waals surface area contributed by atoms with Gasteiger partial charge in [-0.3, -0.25) is 9.59 Å². The lowest BCUT2D eigenvalue weighted by Gasteiger charge is -2.21. The van der Waals surface area contributed by atoms with Crippen molar-refractivity contribution in [1.29, 1.82) is 0 Å². The van der Waals surface area contributed by atoms with E-state index < -0.39 is 0 Å². The number of aromatic nitrogens is 2. The number of carbonyl (C=O) groups is 2. The zero-order valence-corrected chi connectivity index (χ0v) is 18.8. The largest absolute Gasteiger partial charge is 0.342 e. The smallest absolute Gasteiger partial charge is 0.242 e. The van der Waals surface area contributed by atoms with E-state index in [2.05, 4.69) is 26.0 Å². The fraction of sp³-hybridized carbons (Fsp3) is 0.400. The van der Waals surface area contributed by atoms with Crippen LogP contribution in [0.5, 0.6) is 0 Å². The SMILES string of the molecule is CCN(CC)C(=O)Cn1c(C2CC(=O)N(c3ccc(C)c(C)c3)C2)nc2ccccc21. The summed E-state index contributed by atoms with van der Waals surface area (Å²) < 4.78 is 2.01. The van der Waals surface area contributed by atoms with E-state index in [1.54, 1.807) is 0 Å². The van der Waals surface area contributed by atoms with Gasteiger partial charge < -0.3 is 14.4 Å². The molecular formula is C25H30N4O2. The molecule has 1 aliphatic rings. The molecule has 4 rings (SSSR count). The van der Waals surface area contributed by atoms with Crippen LogP contribution >= 0.6 is 0 Å². The number of para-hydroxylation sites is 2. The maximum absolute atomic E-state index is 12.9. The van der Waals surface area contributed by atoms with Gasteiger partial charge in [-0.1, -0.05) is 18.2 Å². The van der Waals surface area contributed by atoms with Gasteiger partial charge in [0.25, 0.3) is 0 Å². The average Bonchev–Trinajstić information content (AvgIpc) is 3.32. The van der Waals surface area contributed by atoms with Crippen molar-refractivity contribution < 1.29 is 9.59 Å². The zero-order chi connectivity index (χ0) is 22.1. The first-order valence-corrected chi connectivity index (χ1v) is 11.0. The monoisotopic (exact) mass is 418 g/mol. The van der Waals surface area contributed by atoms with Crippen LogP contribution in [0.15, 0.2) is 42.5 Å². The summed E-state index contributed by atoms with van der Waals surface area (Å²) in [7, 11) is 0. The topological polar surface area (TPSA) is 58.4 Å². The van der Waals surface area contributed by atoms with Crippen molar-refractivity contribution in [2.75, 3.05) is 24.5 Å². The van der Waals surface area contributed by atoms with Crippen LogP contribution < -0.4 is 4.90 Å². The minimum Gasteiger partial charge on any atom is -0.342 e. The Bertz CT molecular complexity index is 1130. The maximum atomic E-state index is 12.9. The zero-order valence-electron chi connectivity index (χ0n) is 18.8. The number of aryl methyl sites for hydroxylation is 2. The molecule has 2 amide bonds. The van der Waals surface area contributed by atoms with Crippen LogP contribution in [0, 0.1) is 13.8 Å². The molecule has 0 saturated carbocycles. The number of fused-ring (bicyclic) bond motifs is 1. The highest BCUT2D eigenvalue weighted by Gasteiger charge is 2.35. The number of anilines is 1. The summed E-state index contributed by atoms with van der Waals surface area (Å²) in [6.07, 6.45) is 0.399. The first-order chi connectivity index (χ1) is 14.9. The molecule has 0 aliphatic carbocycles. The Morgan fingerprint density at radius 1 is 1.10 bits per heavy atom. The maximum Gasteiger partial charge on any atom is 0.242 e. The first-order valence-electron chi connectivity index (χ1n) is 11.0. The minimum atomic E-state index is -0.0500. The van der Waals surface area contributed by atoms with Gasteiger partial charge in [-0.15, -0.1) is 0 Å². The molecule has 1 aliphatic heterocycles. The summed E-state index contributed by atoms with van der Waals surface area (Å²) in [6.45, 7) is 10.3. The lowest BCUT2D eigenvalue weighted by molar-refractivity contribution is -0.131. The minimum absolute atomic E-state index is 0.0500. The normalized spacial score (nSPS) is 16.3. The molecule has 6 nitrogen and oxygen atoms in total. The van der Waals surface area contributed by atoms with Gasteiger partial charge in [0, 0.05) is 37.7 Å². The predicted molar refractivity (Wildman–Crippen MR) is 123 cm³/mol. The van der Waals surface area contributed by atoms with Crippen LogP contribution in [0.4, 0.5) is 5.69 Å². The molecule has 1 unspecified atom stereocenters. The number of hydrogen-bond acceptors (Lipinski definition) is 3. The second kappa shape index (κ2) is 8.53. The number of likely N-dealkylation sites (N-methyl/N-ethyl adjacent to an activating group) is 1. The van der Waals surface area contributed by atoms with Gasteiger partial charge in [-0.25, -0.2) is 4.98 Å². The Kier molecular flexibility index (Phi) is 5.81. The highest BCUT2D eigenvalue weighted by molar-refractivity contribution is 5.96. The molecule has 0 radical (unpaired) electrons. The van der Waals surface area contributed by atoms with Gasteiger partial charge in [0.2, 0.25) is 11.8 Å². The van der Waals surface area contributed by atoms with Gasteiger partial charge in [0.1, 0.15) is 12.4 Å². The van der Waals surface area contributed by atoms with Crippen LogP contribution in [0.2, 0.25) is 0 Å². The summed E-state index contributed by atoms with van der Waals surface area (Å²) in [5, 5.41) is 0. The molecule has 1 aromatic heterocycles. The standard InChI is InChI=1S/C25H30N4O2/c1-5-27(6-2)24(31)16-29-22-10-8-7-9-21(22)26-25(29)19-14-23(30)28(15-19)20-12-11-17(3)18(4)13-20/h7-13,19H,5-6,14-16H2,1-4H3. The number of imidazole rings is 1. The highest BCUT2D eigenvalue weighted by atomic mass is 16.2. The van der Waals surface area contributed by atoms with Gasteiger partial charge in [-0.05, 0) is 63.1 Å². The van der Waals surface area contributed by atoms with E-state index >= 15 is 0 Å². The van der Waals surface area contributed by atoms with Crippen LogP contribution in [-0.4, -0.2) is 45.9 Å². The van der Waals surface area contributed by atoms with Gasteiger partial charge in [-0.2, -0.15) is 0 Å². The quantitative estimate of drug-likeness (QED) is 0.607. The number of hydrogen-bond donors (Lipinski definition) is 0. The molecule has 0 spiro atoms. The fourth-order valence-electron chi connectivity index (χ4n) is 4.41. The van der Waals surface area contributed by atoms with Crippen LogP contribution in [-0.2, 0) is 16.1 Å². The van der Waals surface area contributed by atoms with E-state index in [1.807, 2.05) is 58.5 Å². The number of amides is 2. The molecule has 2 heterocycles. The second-order valence-corrected chi connectivity index (χ2v) is 8.28. The fourth-order valence-corrected chi connectivity index (χ4v) is 4.41. The van der Waals surface area contributed by atoms with Gasteiger partial charge in [0.05, 0.1) is 11.0 Å². The molecular weight excluding hydrogens is 388 g/mol. The van der Waals surface area contributed by atoms with E-state index in [4.69, 9.17) is 4.98 Å². The third-order valence-electron chi connectivity index (χ3n) is 6.39. The Balaban J connectivity index is 1.68. The first kappa shape index (κ1) is 21.1. The van der Waals surface area contributed by atoms with Crippen molar-refractivity contribution in [3.8, 4) is 0 Å². The van der Waals surface area contributed by atoms with Crippen molar-refractivity contribution in [3.63, 3.8) is 0 Å². The predicted octanol–water partition coefficient (Wildman–Crippen LogP) is 4.04. The van der Waals surface area contributed by atoms with Crippen molar-refractivity contribution in [1.82, 2.24) is 14.5 Å². The molecule has 1 atom stereocenters. The third kappa shape index (κ3) is 3.94. The Morgan fingerprint density at radius 3 is 2.55 bits per heavy atom. The van der Waals surface area contributed by atoms with Crippen LogP contribution in [0.3, 0.4) is 0 Å². The van der Waals surface area contributed by atoms with E-state index in [-0.39, 0.29) is 24.3 Å². The van der Waals surface area contributed by atoms with Crippen molar-refractivity contribution in [2.24, 2.45) is 0 Å². The van der Waals surface area contributed by atoms with Crippen molar-refractivity contribution >= 4 is 28.5 Å². The van der Waals surface area contributed by atoms with E-state index in [1.165, 1.54) is 11.1 Å². The van der Waals surface area contributed by atoms with Crippen LogP contribution in [0.25, 0.3) is 11.0 Å². The van der Waals surface area contributed by atoms with Crippen molar-refractivity contribution in [3.05, 3.63) is 59.4 Å². The van der Waals surface area contributed by atoms with Gasteiger partial charge in [0.15, 0.2) is 0 Å². The molecule has 2 aromatic carbocycles. The number of rotatable bonds is 6. The van der Waals surface area contributed by atoms with E-state index in [9.17, 15) is 9.59 Å². The molecule has 1 fully saturated rings. The average molecular weight is 419 g/mol. The lowest BCUT2D eigenvalue weighted by Crippen LogP contribution is -2.34. The van der Waals surface area contributed by atoms with Crippen molar-refractivity contribution in [2.45, 2.75) is 46.6 Å². The summed E-state index contributed by atoms with van der Waals surface area (Å²) in [5.41, 5.74) is 5.11. The number of benzene rings is 2. The summed E-state index contributed by atoms with van der Waals surface area (Å²) in [4.78, 5) is 34.4. The molecule has 162 valence electrons. The number of carbonyl (C=O) groups excluding carboxylic acids is 2. The van der Waals surface area contributed by atoms with E-state index in [0.29, 0.717) is 26.1 Å².